The summed E-state index contributed by atoms with van der Waals surface area (Å²) >= 11 is 0. The molecule has 35 nitrogen and oxygen atoms in total. The van der Waals surface area contributed by atoms with E-state index in [9.17, 15) is 103 Å². The number of carboxylic acids is 4. The molecule has 5 aromatic carbocycles. The summed E-state index contributed by atoms with van der Waals surface area (Å²) in [5.41, 5.74) is -0.195. The maximum Gasteiger partial charge on any atom is 0.408 e. The van der Waals surface area contributed by atoms with Gasteiger partial charge in [0.05, 0.1) is 30.6 Å². The van der Waals surface area contributed by atoms with Gasteiger partial charge in [0, 0.05) is 53.0 Å². The maximum atomic E-state index is 14.2. The molecule has 2 aliphatic heterocycles. The van der Waals surface area contributed by atoms with E-state index in [4.69, 9.17) is 18.9 Å². The summed E-state index contributed by atoms with van der Waals surface area (Å²) < 4.78 is 23.2. The van der Waals surface area contributed by atoms with Crippen LogP contribution in [0.25, 0.3) is 0 Å². The normalized spacial score (nSPS) is 15.4. The van der Waals surface area contributed by atoms with Crippen LogP contribution in [0.1, 0.15) is 131 Å². The van der Waals surface area contributed by atoms with Gasteiger partial charge in [0.2, 0.25) is 47.3 Å². The van der Waals surface area contributed by atoms with Crippen LogP contribution in [0, 0.1) is 11.8 Å². The predicted octanol–water partition coefficient (Wildman–Crippen LogP) is 3.16. The Labute approximate surface area is 623 Å². The quantitative estimate of drug-likeness (QED) is 0.0199. The SMILES string of the molecule is CC[C@H](C)[C@H](NC(=O)OCc1ccccc1)C(=O)N[C@@H](CCC(=O)O)C(=O)N[C@H](C(=O)N[C@@H](CC(=O)O)C(=O)Nc1ccc2c(c1)Oc1cc(NC(=O)[C@H](CC(=O)O)NC(=O)[C@@H](NC(=O)[C@H](CCC(=O)O)NC(=O)[C@@H](NC(=O)OCc3ccccc3)[C@@H](C)CC)[C@@H](C)O)ccc1C21OC(=O)c2ccccc21)[C@@H](C)O. The van der Waals surface area contributed by atoms with E-state index in [1.54, 1.807) is 107 Å². The van der Waals surface area contributed by atoms with Crippen molar-refractivity contribution in [2.24, 2.45) is 11.8 Å². The van der Waals surface area contributed by atoms with Gasteiger partial charge < -0.3 is 103 Å². The third-order valence-electron chi connectivity index (χ3n) is 17.9. The molecule has 0 aliphatic carbocycles. The Morgan fingerprint density at radius 2 is 0.780 bits per heavy atom. The van der Waals surface area contributed by atoms with Crippen molar-refractivity contribution in [2.45, 2.75) is 172 Å². The first kappa shape index (κ1) is 83.7. The first-order valence-corrected chi connectivity index (χ1v) is 34.6. The van der Waals surface area contributed by atoms with Crippen LogP contribution in [0.4, 0.5) is 21.0 Å². The van der Waals surface area contributed by atoms with Crippen LogP contribution in [0.15, 0.2) is 121 Å². The second-order valence-electron chi connectivity index (χ2n) is 26.0. The molecular formula is C74H86N10O25. The number of benzene rings is 5. The summed E-state index contributed by atoms with van der Waals surface area (Å²) in [6.07, 6.45) is -9.78. The van der Waals surface area contributed by atoms with Crippen molar-refractivity contribution < 1.29 is 122 Å². The van der Waals surface area contributed by atoms with Crippen molar-refractivity contribution in [1.29, 1.82) is 0 Å². The second kappa shape index (κ2) is 38.7. The highest BCUT2D eigenvalue weighted by atomic mass is 16.6. The van der Waals surface area contributed by atoms with E-state index >= 15 is 0 Å². The summed E-state index contributed by atoms with van der Waals surface area (Å²) in [5, 5.41) is 84.6. The molecule has 12 atom stereocenters. The first-order chi connectivity index (χ1) is 51.7. The smallest absolute Gasteiger partial charge is 0.408 e. The highest BCUT2D eigenvalue weighted by Gasteiger charge is 2.54. The van der Waals surface area contributed by atoms with E-state index in [-0.39, 0.29) is 58.3 Å². The maximum absolute atomic E-state index is 14.2. The molecule has 0 radical (unpaired) electrons. The minimum Gasteiger partial charge on any atom is -0.481 e. The van der Waals surface area contributed by atoms with Crippen LogP contribution in [-0.4, -0.2) is 180 Å². The molecule has 0 unspecified atom stereocenters. The summed E-state index contributed by atoms with van der Waals surface area (Å²) in [6, 6.07) is 17.1. The number of nitrogens with one attached hydrogen (secondary N) is 10. The molecule has 0 saturated carbocycles. The molecule has 0 fully saturated rings. The van der Waals surface area contributed by atoms with Gasteiger partial charge in [-0.05, 0) is 80.0 Å². The highest BCUT2D eigenvalue weighted by Crippen LogP contribution is 2.57. The van der Waals surface area contributed by atoms with E-state index in [0.29, 0.717) is 24.0 Å². The van der Waals surface area contributed by atoms with Crippen molar-refractivity contribution in [1.82, 2.24) is 42.5 Å². The van der Waals surface area contributed by atoms with E-state index in [1.165, 1.54) is 42.5 Å². The molecule has 1 spiro atoms. The van der Waals surface area contributed by atoms with Crippen molar-refractivity contribution in [3.05, 3.63) is 155 Å². The fraction of sp³-hybridized carbons (Fsp3) is 0.392. The minimum absolute atomic E-state index is 0.109. The summed E-state index contributed by atoms with van der Waals surface area (Å²) in [5.74, 6) is -17.7. The first-order valence-electron chi connectivity index (χ1n) is 34.6. The molecule has 109 heavy (non-hydrogen) atoms. The average molecular weight is 1520 g/mol. The zero-order valence-electron chi connectivity index (χ0n) is 60.0. The fourth-order valence-electron chi connectivity index (χ4n) is 11.7. The lowest BCUT2D eigenvalue weighted by Crippen LogP contribution is -2.61. The number of aliphatic hydroxyl groups is 2. The number of rotatable bonds is 38. The number of aliphatic hydroxyl groups excluding tert-OH is 2. The molecule has 0 aromatic heterocycles. The monoisotopic (exact) mass is 1510 g/mol. The number of esters is 1. The summed E-state index contributed by atoms with van der Waals surface area (Å²) in [4.78, 5) is 200. The zero-order valence-corrected chi connectivity index (χ0v) is 60.0. The number of hydrogen-bond donors (Lipinski definition) is 16. The third-order valence-corrected chi connectivity index (χ3v) is 17.9. The van der Waals surface area contributed by atoms with Gasteiger partial charge in [0.1, 0.15) is 73.0 Å². The summed E-state index contributed by atoms with van der Waals surface area (Å²) in [7, 11) is 0. The number of fused-ring (bicyclic) bond motifs is 6. The lowest BCUT2D eigenvalue weighted by molar-refractivity contribution is -0.141. The second-order valence-corrected chi connectivity index (χ2v) is 26.0. The number of carboxylic acid groups (broad SMARTS) is 4. The lowest BCUT2D eigenvalue weighted by Gasteiger charge is -2.37. The number of anilines is 2. The van der Waals surface area contributed by atoms with E-state index in [2.05, 4.69) is 53.2 Å². The number of aliphatic carboxylic acids is 4. The Morgan fingerprint density at radius 3 is 1.15 bits per heavy atom. The van der Waals surface area contributed by atoms with Crippen LogP contribution < -0.4 is 57.9 Å². The number of carbonyl (C=O) groups is 15. The molecule has 0 bridgehead atoms. The molecular weight excluding hydrogens is 1430 g/mol. The number of carbonyl (C=O) groups excluding carboxylic acids is 11. The van der Waals surface area contributed by atoms with Crippen molar-refractivity contribution >= 4 is 101 Å². The van der Waals surface area contributed by atoms with Crippen LogP contribution in [-0.2, 0) is 90.6 Å². The van der Waals surface area contributed by atoms with Crippen molar-refractivity contribution in [3.63, 3.8) is 0 Å². The number of ether oxygens (including phenoxy) is 4. The van der Waals surface area contributed by atoms with Gasteiger partial charge in [-0.25, -0.2) is 14.4 Å². The van der Waals surface area contributed by atoms with Gasteiger partial charge in [-0.3, -0.25) is 57.5 Å². The van der Waals surface area contributed by atoms with Gasteiger partial charge in [-0.2, -0.15) is 0 Å². The standard InChI is InChI=1S/C74H86N10O25/c1-7-37(3)59(83-72(104)106-35-41-17-11-9-12-18-41)67(99)77-49(27-29-55(87)88)63(95)81-61(39(5)85)69(101)79-51(33-57(91)92)65(97)75-43-23-25-47-53(31-43)108-54-32-44(24-26-48(54)74(47)46-22-16-15-21-45(46)71(103)109-74)76-66(98)52(34-58(93)94)80-70(102)62(40(6)86)82-64(96)50(28-30-56(89)90)78-68(100)60(38(4)8-2)84-73(105)107-36-42-19-13-10-14-20-42/h9-26,31-32,37-40,49-52,59-62,85-86H,7-8,27-30,33-36H2,1-6H3,(H,75,97)(H,76,98)(H,77,99)(H,78,100)(H,79,101)(H,80,102)(H,81,95)(H,82,96)(H,83,104)(H,84,105)(H,87,88)(H,89,90)(H,91,92)(H,93,94)/t37-,38-,39+,40+,49-,50-,51-,52-,59-,60-,61-,62-/m0/s1. The largest absolute Gasteiger partial charge is 0.481 e. The fourth-order valence-corrected chi connectivity index (χ4v) is 11.7. The van der Waals surface area contributed by atoms with Gasteiger partial charge in [0.15, 0.2) is 5.60 Å². The molecule has 16 N–H and O–H groups in total. The molecule has 582 valence electrons. The zero-order chi connectivity index (χ0) is 80.0. The van der Waals surface area contributed by atoms with Gasteiger partial charge in [-0.15, -0.1) is 0 Å². The predicted molar refractivity (Wildman–Crippen MR) is 381 cm³/mol. The van der Waals surface area contributed by atoms with E-state index < -0.39 is 206 Å². The molecule has 0 saturated heterocycles. The van der Waals surface area contributed by atoms with E-state index in [1.807, 2.05) is 0 Å². The Kier molecular flexibility index (Phi) is 29.7. The molecule has 5 aromatic rings. The van der Waals surface area contributed by atoms with E-state index in [0.717, 1.165) is 13.8 Å². The lowest BCUT2D eigenvalue weighted by atomic mass is 9.77. The summed E-state index contributed by atoms with van der Waals surface area (Å²) in [6.45, 7) is 8.42. The Hall–Kier alpha value is -12.5. The Balaban J connectivity index is 1.08. The number of hydrogen-bond acceptors (Lipinski definition) is 21. The van der Waals surface area contributed by atoms with Gasteiger partial charge >= 0.3 is 42.0 Å². The number of amides is 10. The third kappa shape index (κ3) is 22.8. The highest BCUT2D eigenvalue weighted by molar-refractivity contribution is 6.03. The van der Waals surface area contributed by atoms with Crippen molar-refractivity contribution in [3.8, 4) is 11.5 Å². The molecule has 2 heterocycles. The van der Waals surface area contributed by atoms with Crippen molar-refractivity contribution in [2.75, 3.05) is 10.6 Å². The van der Waals surface area contributed by atoms with Crippen LogP contribution in [0.3, 0.4) is 0 Å². The number of alkyl carbamates (subject to hydrolysis) is 2. The molecule has 2 aliphatic rings. The van der Waals surface area contributed by atoms with Gasteiger partial charge in [0.25, 0.3) is 0 Å². The van der Waals surface area contributed by atoms with Gasteiger partial charge in [-0.1, -0.05) is 119 Å². The molecule has 7 rings (SSSR count). The van der Waals surface area contributed by atoms with Crippen LogP contribution >= 0.6 is 0 Å². The average Bonchev–Trinajstić information content (AvgIpc) is 1.58. The minimum atomic E-state index is -2.01. The molecule has 35 heteroatoms. The van der Waals surface area contributed by atoms with Crippen LogP contribution in [0.5, 0.6) is 11.5 Å². The molecule has 10 amide bonds. The Morgan fingerprint density at radius 1 is 0.413 bits per heavy atom. The van der Waals surface area contributed by atoms with Crippen LogP contribution in [0.2, 0.25) is 0 Å². The topological polar surface area (TPSA) is 535 Å². The Bertz CT molecular complexity index is 3980.